The van der Waals surface area contributed by atoms with E-state index in [4.69, 9.17) is 4.74 Å². The Labute approximate surface area is 173 Å². The van der Waals surface area contributed by atoms with Crippen LogP contribution in [0, 0.1) is 0 Å². The largest absolute Gasteiger partial charge is 0.497 e. The molecule has 4 rings (SSSR count). The summed E-state index contributed by atoms with van der Waals surface area (Å²) in [4.78, 5) is 34.5. The van der Waals surface area contributed by atoms with Crippen molar-refractivity contribution in [2.24, 2.45) is 0 Å². The number of carbonyl (C=O) groups excluding carboxylic acids is 1. The summed E-state index contributed by atoms with van der Waals surface area (Å²) in [7, 11) is 1.60. The molecule has 0 unspecified atom stereocenters. The van der Waals surface area contributed by atoms with Crippen LogP contribution >= 0.6 is 0 Å². The second-order valence-corrected chi connectivity index (χ2v) is 6.71. The van der Waals surface area contributed by atoms with E-state index >= 15 is 0 Å². The summed E-state index contributed by atoms with van der Waals surface area (Å²) < 4.78 is 6.66. The second-order valence-electron chi connectivity index (χ2n) is 6.71. The van der Waals surface area contributed by atoms with Crippen molar-refractivity contribution >= 4 is 17.1 Å². The minimum atomic E-state index is -0.516. The summed E-state index contributed by atoms with van der Waals surface area (Å²) in [5.41, 5.74) is 2.09. The monoisotopic (exact) mass is 400 g/mol. The number of ether oxygens (including phenoxy) is 1. The van der Waals surface area contributed by atoms with Crippen LogP contribution in [0.2, 0.25) is 0 Å². The molecule has 2 aromatic carbocycles. The van der Waals surface area contributed by atoms with E-state index in [2.05, 4.69) is 15.3 Å². The number of hydrogen-bond donors (Lipinski definition) is 1. The van der Waals surface area contributed by atoms with Gasteiger partial charge in [0.15, 0.2) is 11.3 Å². The van der Waals surface area contributed by atoms with Crippen LogP contribution in [0.5, 0.6) is 5.75 Å². The van der Waals surface area contributed by atoms with Gasteiger partial charge < -0.3 is 10.1 Å². The van der Waals surface area contributed by atoms with Crippen LogP contribution in [0.15, 0.2) is 77.7 Å². The first kappa shape index (κ1) is 19.3. The summed E-state index contributed by atoms with van der Waals surface area (Å²) in [6.07, 6.45) is 1.60. The molecule has 0 bridgehead atoms. The van der Waals surface area contributed by atoms with Gasteiger partial charge in [-0.15, -0.1) is 0 Å². The first-order valence-electron chi connectivity index (χ1n) is 9.46. The quantitative estimate of drug-likeness (QED) is 0.538. The lowest BCUT2D eigenvalue weighted by Gasteiger charge is -2.12. The zero-order valence-electron chi connectivity index (χ0n) is 16.4. The molecule has 0 saturated carbocycles. The number of benzene rings is 2. The molecule has 0 fully saturated rings. The Morgan fingerprint density at radius 1 is 1.00 bits per heavy atom. The van der Waals surface area contributed by atoms with Gasteiger partial charge in [-0.2, -0.15) is 0 Å². The van der Waals surface area contributed by atoms with Gasteiger partial charge in [-0.05, 0) is 35.4 Å². The number of nitrogens with zero attached hydrogens (tertiary/aromatic N) is 3. The molecule has 0 atom stereocenters. The Kier molecular flexibility index (Phi) is 5.52. The number of amides is 1. The predicted octanol–water partition coefficient (Wildman–Crippen LogP) is 2.78. The van der Waals surface area contributed by atoms with Crippen molar-refractivity contribution in [1.82, 2.24) is 19.9 Å². The van der Waals surface area contributed by atoms with Crippen LogP contribution in [-0.2, 0) is 13.1 Å². The molecular weight excluding hydrogens is 380 g/mol. The third kappa shape index (κ3) is 4.05. The molecule has 30 heavy (non-hydrogen) atoms. The molecule has 0 aliphatic rings. The molecule has 2 heterocycles. The number of hydrogen-bond acceptors (Lipinski definition) is 5. The zero-order valence-corrected chi connectivity index (χ0v) is 16.4. The van der Waals surface area contributed by atoms with Crippen molar-refractivity contribution in [3.05, 3.63) is 100 Å². The molecule has 7 nitrogen and oxygen atoms in total. The fourth-order valence-electron chi connectivity index (χ4n) is 3.15. The molecule has 150 valence electrons. The van der Waals surface area contributed by atoms with E-state index in [-0.39, 0.29) is 12.2 Å². The number of aromatic nitrogens is 3. The summed E-state index contributed by atoms with van der Waals surface area (Å²) >= 11 is 0. The van der Waals surface area contributed by atoms with E-state index in [0.717, 1.165) is 16.9 Å². The first-order chi connectivity index (χ1) is 14.7. The summed E-state index contributed by atoms with van der Waals surface area (Å²) in [5.74, 6) is 0.211. The average Bonchev–Trinajstić information content (AvgIpc) is 2.80. The van der Waals surface area contributed by atoms with Crippen LogP contribution in [0.1, 0.15) is 21.6 Å². The molecule has 0 radical (unpaired) electrons. The zero-order chi connectivity index (χ0) is 20.9. The Hall–Kier alpha value is -4.00. The van der Waals surface area contributed by atoms with E-state index in [1.54, 1.807) is 25.4 Å². The van der Waals surface area contributed by atoms with Crippen molar-refractivity contribution in [3.8, 4) is 5.75 Å². The van der Waals surface area contributed by atoms with Crippen molar-refractivity contribution in [3.63, 3.8) is 0 Å². The topological polar surface area (TPSA) is 86.1 Å². The SMILES string of the molecule is COc1ccc(Cn2c(=O)c(C(=O)NCc3ccccc3)nc3cccnc32)cc1. The number of nitrogens with one attached hydrogen (secondary N) is 1. The molecular formula is C23H20N4O3. The molecule has 0 saturated heterocycles. The minimum absolute atomic E-state index is 0.153. The first-order valence-corrected chi connectivity index (χ1v) is 9.46. The van der Waals surface area contributed by atoms with Crippen LogP contribution in [-0.4, -0.2) is 27.6 Å². The lowest BCUT2D eigenvalue weighted by atomic mass is 10.2. The van der Waals surface area contributed by atoms with Gasteiger partial charge in [0, 0.05) is 12.7 Å². The minimum Gasteiger partial charge on any atom is -0.497 e. The highest BCUT2D eigenvalue weighted by atomic mass is 16.5. The van der Waals surface area contributed by atoms with E-state index in [1.807, 2.05) is 54.6 Å². The maximum absolute atomic E-state index is 13.1. The summed E-state index contributed by atoms with van der Waals surface area (Å²) in [5, 5.41) is 2.78. The molecule has 0 aliphatic carbocycles. The number of pyridine rings is 1. The number of fused-ring (bicyclic) bond motifs is 1. The Balaban J connectivity index is 1.69. The van der Waals surface area contributed by atoms with Gasteiger partial charge in [-0.3, -0.25) is 14.2 Å². The van der Waals surface area contributed by atoms with Crippen molar-refractivity contribution in [2.75, 3.05) is 7.11 Å². The van der Waals surface area contributed by atoms with Crippen molar-refractivity contribution in [1.29, 1.82) is 0 Å². The van der Waals surface area contributed by atoms with Gasteiger partial charge in [0.2, 0.25) is 0 Å². The Morgan fingerprint density at radius 3 is 2.50 bits per heavy atom. The van der Waals surface area contributed by atoms with Gasteiger partial charge in [0.25, 0.3) is 11.5 Å². The van der Waals surface area contributed by atoms with Crippen molar-refractivity contribution < 1.29 is 9.53 Å². The smallest absolute Gasteiger partial charge is 0.284 e. The molecule has 4 aromatic rings. The van der Waals surface area contributed by atoms with E-state index in [9.17, 15) is 9.59 Å². The van der Waals surface area contributed by atoms with Gasteiger partial charge in [0.1, 0.15) is 11.3 Å². The fraction of sp³-hybridized carbons (Fsp3) is 0.130. The number of rotatable bonds is 6. The highest BCUT2D eigenvalue weighted by Crippen LogP contribution is 2.14. The summed E-state index contributed by atoms with van der Waals surface area (Å²) in [6, 6.07) is 20.3. The molecule has 7 heteroatoms. The average molecular weight is 400 g/mol. The van der Waals surface area contributed by atoms with E-state index < -0.39 is 11.5 Å². The van der Waals surface area contributed by atoms with Gasteiger partial charge in [0.05, 0.1) is 13.7 Å². The van der Waals surface area contributed by atoms with Gasteiger partial charge in [-0.1, -0.05) is 42.5 Å². The molecule has 1 amide bonds. The van der Waals surface area contributed by atoms with Crippen LogP contribution in [0.4, 0.5) is 0 Å². The third-order valence-corrected chi connectivity index (χ3v) is 4.71. The predicted molar refractivity (Wildman–Crippen MR) is 114 cm³/mol. The number of methoxy groups -OCH3 is 1. The van der Waals surface area contributed by atoms with Gasteiger partial charge in [-0.25, -0.2) is 9.97 Å². The van der Waals surface area contributed by atoms with Crippen LogP contribution < -0.4 is 15.6 Å². The number of carbonyl (C=O) groups is 1. The standard InChI is InChI=1S/C23H20N4O3/c1-30-18-11-9-17(10-12-18)15-27-21-19(8-5-13-24-21)26-20(23(27)29)22(28)25-14-16-6-3-2-4-7-16/h2-13H,14-15H2,1H3,(H,25,28). The maximum Gasteiger partial charge on any atom is 0.284 e. The normalized spacial score (nSPS) is 10.7. The highest BCUT2D eigenvalue weighted by Gasteiger charge is 2.18. The molecule has 0 spiro atoms. The van der Waals surface area contributed by atoms with Crippen LogP contribution in [0.25, 0.3) is 11.2 Å². The van der Waals surface area contributed by atoms with Crippen LogP contribution in [0.3, 0.4) is 0 Å². The molecule has 1 N–H and O–H groups in total. The third-order valence-electron chi connectivity index (χ3n) is 4.71. The van der Waals surface area contributed by atoms with Crippen molar-refractivity contribution in [2.45, 2.75) is 13.1 Å². The lowest BCUT2D eigenvalue weighted by Crippen LogP contribution is -2.35. The van der Waals surface area contributed by atoms with Gasteiger partial charge >= 0.3 is 0 Å². The van der Waals surface area contributed by atoms with E-state index in [0.29, 0.717) is 17.7 Å². The fourth-order valence-corrected chi connectivity index (χ4v) is 3.15. The molecule has 2 aromatic heterocycles. The molecule has 0 aliphatic heterocycles. The maximum atomic E-state index is 13.1. The lowest BCUT2D eigenvalue weighted by molar-refractivity contribution is 0.0944. The Bertz CT molecular complexity index is 1240. The van der Waals surface area contributed by atoms with E-state index in [1.165, 1.54) is 4.57 Å². The second kappa shape index (κ2) is 8.57. The highest BCUT2D eigenvalue weighted by molar-refractivity contribution is 5.93. The Morgan fingerprint density at radius 2 is 1.77 bits per heavy atom. The summed E-state index contributed by atoms with van der Waals surface area (Å²) in [6.45, 7) is 0.572.